The van der Waals surface area contributed by atoms with Crippen molar-refractivity contribution in [3.63, 3.8) is 0 Å². The summed E-state index contributed by atoms with van der Waals surface area (Å²) in [5, 5.41) is 8.69. The van der Waals surface area contributed by atoms with E-state index < -0.39 is 0 Å². The van der Waals surface area contributed by atoms with E-state index in [0.717, 1.165) is 0 Å². The quantitative estimate of drug-likeness (QED) is 0.617. The predicted octanol–water partition coefficient (Wildman–Crippen LogP) is 0.236. The Hall–Kier alpha value is -0.570. The zero-order valence-corrected chi connectivity index (χ0v) is 6.79. The van der Waals surface area contributed by atoms with E-state index in [1.54, 1.807) is 4.90 Å². The largest absolute Gasteiger partial charge is 0.394 e. The van der Waals surface area contributed by atoms with Crippen LogP contribution in [-0.4, -0.2) is 35.1 Å². The van der Waals surface area contributed by atoms with E-state index in [1.807, 2.05) is 13.8 Å². The molecule has 0 fully saturated rings. The van der Waals surface area contributed by atoms with Gasteiger partial charge in [-0.15, -0.1) is 0 Å². The van der Waals surface area contributed by atoms with Crippen LogP contribution >= 0.6 is 0 Å². The van der Waals surface area contributed by atoms with Gasteiger partial charge in [0.15, 0.2) is 0 Å². The first-order valence-corrected chi connectivity index (χ1v) is 3.51. The Balaban J connectivity index is 3.92. The van der Waals surface area contributed by atoms with Crippen LogP contribution in [0.4, 0.5) is 0 Å². The molecule has 10 heavy (non-hydrogen) atoms. The van der Waals surface area contributed by atoms with E-state index in [2.05, 4.69) is 0 Å². The fraction of sp³-hybridized carbons (Fsp3) is 0.857. The lowest BCUT2D eigenvalue weighted by Gasteiger charge is -2.24. The molecule has 1 N–H and O–H groups in total. The molecule has 0 rings (SSSR count). The maximum absolute atomic E-state index is 10.8. The summed E-state index contributed by atoms with van der Waals surface area (Å²) in [4.78, 5) is 12.4. The van der Waals surface area contributed by atoms with E-state index >= 15 is 0 Å². The number of amides is 1. The Morgan fingerprint density at radius 3 is 2.30 bits per heavy atom. The van der Waals surface area contributed by atoms with Gasteiger partial charge in [-0.25, -0.2) is 0 Å². The summed E-state index contributed by atoms with van der Waals surface area (Å²) < 4.78 is 0. The number of aliphatic hydroxyl groups excluding tert-OH is 1. The van der Waals surface area contributed by atoms with Gasteiger partial charge in [0.05, 0.1) is 12.6 Å². The number of aliphatic hydroxyl groups is 1. The van der Waals surface area contributed by atoms with Crippen molar-refractivity contribution in [2.75, 3.05) is 13.2 Å². The van der Waals surface area contributed by atoms with Gasteiger partial charge in [-0.1, -0.05) is 0 Å². The second-order valence-electron chi connectivity index (χ2n) is 2.34. The van der Waals surface area contributed by atoms with Crippen molar-refractivity contribution in [1.82, 2.24) is 4.90 Å². The second kappa shape index (κ2) is 4.28. The molecule has 0 spiro atoms. The highest BCUT2D eigenvalue weighted by molar-refractivity contribution is 5.73. The van der Waals surface area contributed by atoms with Gasteiger partial charge in [0.1, 0.15) is 0 Å². The number of hydrogen-bond acceptors (Lipinski definition) is 2. The molecule has 0 aliphatic rings. The molecule has 0 aromatic rings. The van der Waals surface area contributed by atoms with Gasteiger partial charge in [-0.2, -0.15) is 0 Å². The average molecular weight is 145 g/mol. The number of carbonyl (C=O) groups excluding carboxylic acids is 1. The number of hydrogen-bond donors (Lipinski definition) is 1. The summed E-state index contributed by atoms with van der Waals surface area (Å²) >= 11 is 0. The highest BCUT2D eigenvalue weighted by Gasteiger charge is 2.12. The van der Waals surface area contributed by atoms with Gasteiger partial charge in [0.25, 0.3) is 0 Å². The maximum Gasteiger partial charge on any atom is 0.219 e. The highest BCUT2D eigenvalue weighted by Crippen LogP contribution is 1.96. The molecule has 1 amide bonds. The topological polar surface area (TPSA) is 40.5 Å². The monoisotopic (exact) mass is 145 g/mol. The van der Waals surface area contributed by atoms with Crippen LogP contribution in [0.5, 0.6) is 0 Å². The fourth-order valence-electron chi connectivity index (χ4n) is 0.943. The SMILES string of the molecule is CCN(C(C)=O)[C@@H](C)CO. The van der Waals surface area contributed by atoms with Gasteiger partial charge >= 0.3 is 0 Å². The fourth-order valence-corrected chi connectivity index (χ4v) is 0.943. The standard InChI is InChI=1S/C7H15NO2/c1-4-8(7(3)10)6(2)5-9/h6,9H,4-5H2,1-3H3/t6-/m0/s1. The van der Waals surface area contributed by atoms with E-state index in [-0.39, 0.29) is 18.6 Å². The lowest BCUT2D eigenvalue weighted by atomic mass is 10.3. The summed E-state index contributed by atoms with van der Waals surface area (Å²) in [6.45, 7) is 5.93. The smallest absolute Gasteiger partial charge is 0.219 e. The summed E-state index contributed by atoms with van der Waals surface area (Å²) in [5.41, 5.74) is 0. The molecule has 0 saturated carbocycles. The molecule has 0 aliphatic heterocycles. The summed E-state index contributed by atoms with van der Waals surface area (Å²) in [6.07, 6.45) is 0. The van der Waals surface area contributed by atoms with Crippen LogP contribution in [0.15, 0.2) is 0 Å². The zero-order chi connectivity index (χ0) is 8.15. The summed E-state index contributed by atoms with van der Waals surface area (Å²) in [7, 11) is 0. The molecule has 0 unspecified atom stereocenters. The third kappa shape index (κ3) is 2.35. The van der Waals surface area contributed by atoms with Crippen LogP contribution in [-0.2, 0) is 4.79 Å². The molecular weight excluding hydrogens is 130 g/mol. The normalized spacial score (nSPS) is 12.8. The predicted molar refractivity (Wildman–Crippen MR) is 39.6 cm³/mol. The van der Waals surface area contributed by atoms with E-state index in [1.165, 1.54) is 6.92 Å². The second-order valence-corrected chi connectivity index (χ2v) is 2.34. The Morgan fingerprint density at radius 2 is 2.20 bits per heavy atom. The van der Waals surface area contributed by atoms with Crippen molar-refractivity contribution >= 4 is 5.91 Å². The summed E-state index contributed by atoms with van der Waals surface area (Å²) in [5.74, 6) is 0.0176. The van der Waals surface area contributed by atoms with Crippen molar-refractivity contribution in [1.29, 1.82) is 0 Å². The minimum Gasteiger partial charge on any atom is -0.394 e. The third-order valence-corrected chi connectivity index (χ3v) is 1.54. The van der Waals surface area contributed by atoms with E-state index in [4.69, 9.17) is 5.11 Å². The Kier molecular flexibility index (Phi) is 4.03. The molecule has 0 aromatic carbocycles. The van der Waals surface area contributed by atoms with Crippen molar-refractivity contribution in [2.45, 2.75) is 26.8 Å². The zero-order valence-electron chi connectivity index (χ0n) is 6.79. The van der Waals surface area contributed by atoms with Crippen LogP contribution in [0.2, 0.25) is 0 Å². The number of likely N-dealkylation sites (N-methyl/N-ethyl adjacent to an activating group) is 1. The number of nitrogens with zero attached hydrogens (tertiary/aromatic N) is 1. The number of rotatable bonds is 3. The molecular formula is C7H15NO2. The Morgan fingerprint density at radius 1 is 1.70 bits per heavy atom. The van der Waals surface area contributed by atoms with Crippen LogP contribution in [0.1, 0.15) is 20.8 Å². The molecule has 0 heterocycles. The van der Waals surface area contributed by atoms with Crippen LogP contribution in [0, 0.1) is 0 Å². The van der Waals surface area contributed by atoms with Gasteiger partial charge in [0, 0.05) is 13.5 Å². The van der Waals surface area contributed by atoms with E-state index in [9.17, 15) is 4.79 Å². The molecule has 0 aliphatic carbocycles. The van der Waals surface area contributed by atoms with Crippen molar-refractivity contribution in [3.8, 4) is 0 Å². The molecule has 0 radical (unpaired) electrons. The van der Waals surface area contributed by atoms with Gasteiger partial charge in [-0.3, -0.25) is 4.79 Å². The molecule has 3 heteroatoms. The van der Waals surface area contributed by atoms with Gasteiger partial charge < -0.3 is 10.0 Å². The highest BCUT2D eigenvalue weighted by atomic mass is 16.3. The van der Waals surface area contributed by atoms with Crippen LogP contribution in [0.25, 0.3) is 0 Å². The van der Waals surface area contributed by atoms with E-state index in [0.29, 0.717) is 6.54 Å². The molecule has 0 bridgehead atoms. The van der Waals surface area contributed by atoms with Crippen LogP contribution < -0.4 is 0 Å². The number of carbonyl (C=O) groups is 1. The first-order chi connectivity index (χ1) is 4.63. The molecule has 60 valence electrons. The Bertz CT molecular complexity index is 114. The van der Waals surface area contributed by atoms with Gasteiger partial charge in [-0.05, 0) is 13.8 Å². The summed E-state index contributed by atoms with van der Waals surface area (Å²) in [6, 6.07) is -0.0532. The van der Waals surface area contributed by atoms with Crippen molar-refractivity contribution < 1.29 is 9.90 Å². The minimum absolute atomic E-state index is 0.0176. The van der Waals surface area contributed by atoms with Crippen molar-refractivity contribution in [2.24, 2.45) is 0 Å². The Labute approximate surface area is 61.6 Å². The maximum atomic E-state index is 10.8. The average Bonchev–Trinajstić information content (AvgIpc) is 1.88. The minimum atomic E-state index is -0.0532. The lowest BCUT2D eigenvalue weighted by molar-refractivity contribution is -0.131. The first-order valence-electron chi connectivity index (χ1n) is 3.51. The molecule has 0 saturated heterocycles. The first kappa shape index (κ1) is 9.43. The van der Waals surface area contributed by atoms with Crippen LogP contribution in [0.3, 0.4) is 0 Å². The molecule has 1 atom stereocenters. The molecule has 3 nitrogen and oxygen atoms in total. The molecule has 0 aromatic heterocycles. The third-order valence-electron chi connectivity index (χ3n) is 1.54. The lowest BCUT2D eigenvalue weighted by Crippen LogP contribution is -2.38. The van der Waals surface area contributed by atoms with Gasteiger partial charge in [0.2, 0.25) is 5.91 Å². The van der Waals surface area contributed by atoms with Crippen molar-refractivity contribution in [3.05, 3.63) is 0 Å².